The van der Waals surface area contributed by atoms with E-state index in [2.05, 4.69) is 66.8 Å². The van der Waals surface area contributed by atoms with Crippen LogP contribution in [-0.4, -0.2) is 0 Å². The molecule has 0 saturated heterocycles. The SMILES string of the molecule is CC.CC.CCC(C)C(Oc1ccccc1I)c1ccccc1. The van der Waals surface area contributed by atoms with Gasteiger partial charge in [-0.05, 0) is 52.6 Å². The predicted octanol–water partition coefficient (Wildman–Crippen LogP) is 7.51. The van der Waals surface area contributed by atoms with E-state index in [1.165, 1.54) is 5.56 Å². The molecule has 0 bridgehead atoms. The smallest absolute Gasteiger partial charge is 0.133 e. The van der Waals surface area contributed by atoms with Crippen molar-refractivity contribution in [2.45, 2.75) is 54.1 Å². The molecule has 0 aromatic heterocycles. The van der Waals surface area contributed by atoms with Crippen molar-refractivity contribution in [1.29, 1.82) is 0 Å². The minimum absolute atomic E-state index is 0.113. The number of hydrogen-bond acceptors (Lipinski definition) is 1. The van der Waals surface area contributed by atoms with Crippen molar-refractivity contribution in [3.05, 3.63) is 63.7 Å². The lowest BCUT2D eigenvalue weighted by Crippen LogP contribution is -2.16. The van der Waals surface area contributed by atoms with Gasteiger partial charge in [0.15, 0.2) is 0 Å². The van der Waals surface area contributed by atoms with Crippen LogP contribution in [0, 0.1) is 9.49 Å². The zero-order valence-electron chi connectivity index (χ0n) is 15.3. The summed E-state index contributed by atoms with van der Waals surface area (Å²) < 4.78 is 7.43. The molecular weight excluding hydrogens is 395 g/mol. The van der Waals surface area contributed by atoms with E-state index >= 15 is 0 Å². The fourth-order valence-electron chi connectivity index (χ4n) is 2.05. The Morgan fingerprint density at radius 3 is 1.91 bits per heavy atom. The molecule has 2 unspecified atom stereocenters. The van der Waals surface area contributed by atoms with Gasteiger partial charge in [0.25, 0.3) is 0 Å². The van der Waals surface area contributed by atoms with Gasteiger partial charge in [0.05, 0.1) is 3.57 Å². The molecule has 2 rings (SSSR count). The van der Waals surface area contributed by atoms with Gasteiger partial charge in [-0.2, -0.15) is 0 Å². The third-order valence-corrected chi connectivity index (χ3v) is 4.27. The second-order valence-corrected chi connectivity index (χ2v) is 5.93. The zero-order chi connectivity index (χ0) is 17.7. The normalized spacial score (nSPS) is 12.0. The Morgan fingerprint density at radius 2 is 1.39 bits per heavy atom. The van der Waals surface area contributed by atoms with Crippen LogP contribution in [0.25, 0.3) is 0 Å². The lowest BCUT2D eigenvalue weighted by Gasteiger charge is -2.25. The molecule has 1 nitrogen and oxygen atoms in total. The van der Waals surface area contributed by atoms with E-state index in [4.69, 9.17) is 4.74 Å². The summed E-state index contributed by atoms with van der Waals surface area (Å²) in [5.41, 5.74) is 1.25. The fourth-order valence-corrected chi connectivity index (χ4v) is 2.56. The van der Waals surface area contributed by atoms with Crippen molar-refractivity contribution in [1.82, 2.24) is 0 Å². The van der Waals surface area contributed by atoms with E-state index in [9.17, 15) is 0 Å². The van der Waals surface area contributed by atoms with Crippen molar-refractivity contribution < 1.29 is 4.74 Å². The molecule has 0 amide bonds. The first-order valence-corrected chi connectivity index (χ1v) is 9.76. The van der Waals surface area contributed by atoms with Gasteiger partial charge in [-0.1, -0.05) is 84.0 Å². The summed E-state index contributed by atoms with van der Waals surface area (Å²) in [6, 6.07) is 18.7. The van der Waals surface area contributed by atoms with E-state index in [1.54, 1.807) is 0 Å². The lowest BCUT2D eigenvalue weighted by atomic mass is 9.95. The molecule has 2 atom stereocenters. The highest BCUT2D eigenvalue weighted by atomic mass is 127. The van der Waals surface area contributed by atoms with Crippen molar-refractivity contribution in [3.8, 4) is 5.75 Å². The molecule has 2 aromatic carbocycles. The molecule has 0 aliphatic carbocycles. The van der Waals surface area contributed by atoms with Gasteiger partial charge < -0.3 is 4.74 Å². The van der Waals surface area contributed by atoms with Crippen LogP contribution in [0.5, 0.6) is 5.75 Å². The maximum Gasteiger partial charge on any atom is 0.133 e. The van der Waals surface area contributed by atoms with Crippen molar-refractivity contribution in [2.24, 2.45) is 5.92 Å². The Hall–Kier alpha value is -1.03. The van der Waals surface area contributed by atoms with Gasteiger partial charge in [-0.3, -0.25) is 0 Å². The molecule has 2 aromatic rings. The third kappa shape index (κ3) is 7.38. The van der Waals surface area contributed by atoms with Crippen molar-refractivity contribution in [2.75, 3.05) is 0 Å². The number of benzene rings is 2. The van der Waals surface area contributed by atoms with E-state index < -0.39 is 0 Å². The maximum absolute atomic E-state index is 6.28. The van der Waals surface area contributed by atoms with Crippen LogP contribution in [0.2, 0.25) is 0 Å². The summed E-state index contributed by atoms with van der Waals surface area (Å²) in [7, 11) is 0. The van der Waals surface area contributed by atoms with Crippen LogP contribution in [0.1, 0.15) is 59.6 Å². The fraction of sp³-hybridized carbons (Fsp3) is 0.429. The molecule has 0 fully saturated rings. The highest BCUT2D eigenvalue weighted by molar-refractivity contribution is 14.1. The third-order valence-electron chi connectivity index (χ3n) is 3.38. The maximum atomic E-state index is 6.28. The van der Waals surface area contributed by atoms with E-state index in [-0.39, 0.29) is 6.10 Å². The summed E-state index contributed by atoms with van der Waals surface area (Å²) >= 11 is 2.32. The highest BCUT2D eigenvalue weighted by Crippen LogP contribution is 2.32. The van der Waals surface area contributed by atoms with Crippen LogP contribution in [-0.2, 0) is 0 Å². The first kappa shape index (κ1) is 22.0. The lowest BCUT2D eigenvalue weighted by molar-refractivity contribution is 0.140. The summed E-state index contributed by atoms with van der Waals surface area (Å²) in [4.78, 5) is 0. The van der Waals surface area contributed by atoms with Gasteiger partial charge in [-0.15, -0.1) is 0 Å². The van der Waals surface area contributed by atoms with Crippen LogP contribution in [0.4, 0.5) is 0 Å². The monoisotopic (exact) mass is 426 g/mol. The topological polar surface area (TPSA) is 9.23 Å². The standard InChI is InChI=1S/C17H19IO.2C2H6/c1-3-13(2)17(14-9-5-4-6-10-14)19-16-12-8-7-11-15(16)18;2*1-2/h4-13,17H,3H2,1-2H3;2*1-2H3. The molecule has 0 aliphatic heterocycles. The van der Waals surface area contributed by atoms with Crippen molar-refractivity contribution >= 4 is 22.6 Å². The molecule has 0 saturated carbocycles. The Morgan fingerprint density at radius 1 is 0.870 bits per heavy atom. The van der Waals surface area contributed by atoms with Gasteiger partial charge in [0, 0.05) is 0 Å². The Kier molecular flexibility index (Phi) is 12.8. The number of rotatable bonds is 5. The first-order chi connectivity index (χ1) is 11.2. The van der Waals surface area contributed by atoms with Crippen LogP contribution in [0.15, 0.2) is 54.6 Å². The summed E-state index contributed by atoms with van der Waals surface area (Å²) in [5.74, 6) is 1.45. The molecular formula is C21H31IO. The average molecular weight is 426 g/mol. The summed E-state index contributed by atoms with van der Waals surface area (Å²) in [6.07, 6.45) is 1.21. The average Bonchev–Trinajstić information content (AvgIpc) is 2.64. The number of ether oxygens (including phenoxy) is 1. The number of halogens is 1. The number of para-hydroxylation sites is 1. The predicted molar refractivity (Wildman–Crippen MR) is 111 cm³/mol. The highest BCUT2D eigenvalue weighted by Gasteiger charge is 2.20. The van der Waals surface area contributed by atoms with Crippen molar-refractivity contribution in [3.63, 3.8) is 0 Å². The minimum Gasteiger partial charge on any atom is -0.484 e. The largest absolute Gasteiger partial charge is 0.484 e. The van der Waals surface area contributed by atoms with E-state index in [0.29, 0.717) is 5.92 Å². The second kappa shape index (κ2) is 13.4. The molecule has 23 heavy (non-hydrogen) atoms. The van der Waals surface area contributed by atoms with Gasteiger partial charge in [0.1, 0.15) is 11.9 Å². The molecule has 0 aliphatic rings. The second-order valence-electron chi connectivity index (χ2n) is 4.77. The summed E-state index contributed by atoms with van der Waals surface area (Å²) in [5, 5.41) is 0. The zero-order valence-corrected chi connectivity index (χ0v) is 17.5. The van der Waals surface area contributed by atoms with Crippen LogP contribution < -0.4 is 4.74 Å². The van der Waals surface area contributed by atoms with Crippen LogP contribution >= 0.6 is 22.6 Å². The molecule has 0 spiro atoms. The van der Waals surface area contributed by atoms with Gasteiger partial charge in [-0.25, -0.2) is 0 Å². The molecule has 0 N–H and O–H groups in total. The quantitative estimate of drug-likeness (QED) is 0.450. The first-order valence-electron chi connectivity index (χ1n) is 8.68. The van der Waals surface area contributed by atoms with E-state index in [1.807, 2.05) is 52.0 Å². The van der Waals surface area contributed by atoms with Crippen LogP contribution in [0.3, 0.4) is 0 Å². The molecule has 0 heterocycles. The van der Waals surface area contributed by atoms with E-state index in [0.717, 1.165) is 15.7 Å². The summed E-state index contributed by atoms with van der Waals surface area (Å²) in [6.45, 7) is 12.5. The molecule has 128 valence electrons. The Labute approximate surface area is 156 Å². The Bertz CT molecular complexity index is 510. The van der Waals surface area contributed by atoms with Gasteiger partial charge >= 0.3 is 0 Å². The number of hydrogen-bond donors (Lipinski definition) is 0. The Balaban J connectivity index is 0.00000112. The minimum atomic E-state index is 0.113. The molecule has 2 heteroatoms. The van der Waals surface area contributed by atoms with Gasteiger partial charge in [0.2, 0.25) is 0 Å². The molecule has 0 radical (unpaired) electrons.